The van der Waals surface area contributed by atoms with Gasteiger partial charge in [-0.15, -0.1) is 0 Å². The van der Waals surface area contributed by atoms with Crippen LogP contribution in [0.4, 0.5) is 0 Å². The summed E-state index contributed by atoms with van der Waals surface area (Å²) in [7, 11) is 4.59. The standard InChI is InChI=1S/C58H88INO16/c1-12-50(62)75-53-40(7)29-37(4)45(61)33-48(38(5)30-42-22-24-46(49(31-42)70-10)72-26-27-73-51(63)34-59)74-57(67)44-20-16-17-25-60(44)56(66)55(65)58(68)41(8)21-23-43(76-58)32-47(69-9)36(3)19-15-13-14-18-35(2)28-39(6)52(64)54(53)71-11/h13-15,18-19,29,35,37-39,41-44,46-49,53-54,68H,12,16-17,20-28,30-34H2,1-11H3/b15-13+,18-14-,36-19+,40-29+/t35-,37+,38+,39+,41+,42-,43-,44-,46+,47-,48?,49+,53+,54-,58+/m0/s1. The van der Waals surface area contributed by atoms with Crippen molar-refractivity contribution in [3.63, 3.8) is 0 Å². The van der Waals surface area contributed by atoms with Gasteiger partial charge in [0.15, 0.2) is 18.0 Å². The van der Waals surface area contributed by atoms with Crippen LogP contribution in [0.1, 0.15) is 139 Å². The monoisotopic (exact) mass is 1180 g/mol. The third-order valence-electron chi connectivity index (χ3n) is 15.8. The van der Waals surface area contributed by atoms with Crippen molar-refractivity contribution in [1.82, 2.24) is 4.90 Å². The Morgan fingerprint density at radius 2 is 1.58 bits per heavy atom. The largest absolute Gasteiger partial charge is 0.463 e. The number of cyclic esters (lactones) is 1. The zero-order chi connectivity index (χ0) is 56.3. The van der Waals surface area contributed by atoms with Gasteiger partial charge in [0, 0.05) is 64.9 Å². The summed E-state index contributed by atoms with van der Waals surface area (Å²) in [6, 6.07) is -1.18. The van der Waals surface area contributed by atoms with E-state index in [-0.39, 0.29) is 90.9 Å². The average Bonchev–Trinajstić information content (AvgIpc) is 3.40. The summed E-state index contributed by atoms with van der Waals surface area (Å²) in [6.45, 7) is 14.8. The Kier molecular flexibility index (Phi) is 27.1. The fourth-order valence-corrected chi connectivity index (χ4v) is 11.3. The molecule has 17 nitrogen and oxygen atoms in total. The van der Waals surface area contributed by atoms with E-state index in [1.54, 1.807) is 48.0 Å². The number of fused-ring (bicyclic) bond motifs is 3. The lowest BCUT2D eigenvalue weighted by molar-refractivity contribution is -0.265. The second kappa shape index (κ2) is 31.8. The number of ketones is 3. The molecule has 1 saturated carbocycles. The first-order valence-corrected chi connectivity index (χ1v) is 29.0. The van der Waals surface area contributed by atoms with E-state index in [0.717, 1.165) is 12.0 Å². The molecule has 4 rings (SSSR count). The molecule has 3 aliphatic heterocycles. The zero-order valence-corrected chi connectivity index (χ0v) is 49.1. The Balaban J connectivity index is 1.73. The zero-order valence-electron chi connectivity index (χ0n) is 47.0. The Morgan fingerprint density at radius 1 is 0.842 bits per heavy atom. The molecule has 0 aromatic rings. The maximum absolute atomic E-state index is 14.6. The molecule has 18 heteroatoms. The number of hydrogen-bond donors (Lipinski definition) is 1. The van der Waals surface area contributed by atoms with E-state index in [4.69, 9.17) is 37.9 Å². The molecule has 0 aromatic carbocycles. The predicted octanol–water partition coefficient (Wildman–Crippen LogP) is 8.14. The molecule has 2 saturated heterocycles. The first-order chi connectivity index (χ1) is 36.1. The number of carbonyl (C=O) groups excluding carboxylic acids is 7. The van der Waals surface area contributed by atoms with Crippen molar-refractivity contribution in [1.29, 1.82) is 0 Å². The molecule has 76 heavy (non-hydrogen) atoms. The highest BCUT2D eigenvalue weighted by Crippen LogP contribution is 2.38. The van der Waals surface area contributed by atoms with Crippen LogP contribution >= 0.6 is 22.6 Å². The molecule has 3 heterocycles. The molecule has 1 unspecified atom stereocenters. The minimum absolute atomic E-state index is 0.0239. The van der Waals surface area contributed by atoms with E-state index in [1.807, 2.05) is 80.7 Å². The molecule has 428 valence electrons. The van der Waals surface area contributed by atoms with Gasteiger partial charge in [-0.05, 0) is 107 Å². The molecule has 1 amide bonds. The van der Waals surface area contributed by atoms with Gasteiger partial charge in [-0.1, -0.05) is 101 Å². The number of aliphatic hydroxyl groups is 1. The van der Waals surface area contributed by atoms with Crippen LogP contribution < -0.4 is 0 Å². The molecule has 1 N–H and O–H groups in total. The number of Topliss-reactive ketones (excluding diaryl/α,β-unsaturated/α-hetero) is 3. The lowest BCUT2D eigenvalue weighted by Gasteiger charge is -2.42. The first-order valence-electron chi connectivity index (χ1n) is 27.5. The Bertz CT molecular complexity index is 2090. The number of allylic oxidation sites excluding steroid dienone is 6. The topological polar surface area (TPSA) is 217 Å². The second-order valence-electron chi connectivity index (χ2n) is 21.6. The number of methoxy groups -OCH3 is 3. The summed E-state index contributed by atoms with van der Waals surface area (Å²) in [5.74, 6) is -9.19. The number of halogens is 1. The molecule has 0 aromatic heterocycles. The maximum Gasteiger partial charge on any atom is 0.329 e. The third-order valence-corrected chi connectivity index (χ3v) is 16.4. The smallest absolute Gasteiger partial charge is 0.329 e. The molecule has 0 radical (unpaired) electrons. The van der Waals surface area contributed by atoms with Gasteiger partial charge in [0.1, 0.15) is 24.5 Å². The van der Waals surface area contributed by atoms with Gasteiger partial charge in [0.2, 0.25) is 5.79 Å². The fraction of sp³-hybridized carbons (Fsp3) is 0.741. The summed E-state index contributed by atoms with van der Waals surface area (Å²) in [5.41, 5.74) is 1.31. The number of amides is 1. The van der Waals surface area contributed by atoms with Crippen LogP contribution in [0.5, 0.6) is 0 Å². The third kappa shape index (κ3) is 18.5. The van der Waals surface area contributed by atoms with E-state index in [0.29, 0.717) is 63.4 Å². The first kappa shape index (κ1) is 64.9. The van der Waals surface area contributed by atoms with Crippen molar-refractivity contribution >= 4 is 63.8 Å². The highest BCUT2D eigenvalue weighted by atomic mass is 127. The number of ether oxygens (including phenoxy) is 8. The van der Waals surface area contributed by atoms with Gasteiger partial charge >= 0.3 is 17.9 Å². The van der Waals surface area contributed by atoms with Crippen molar-refractivity contribution in [2.75, 3.05) is 45.5 Å². The number of rotatable bonds is 13. The number of esters is 3. The average molecular weight is 1180 g/mol. The second-order valence-corrected chi connectivity index (χ2v) is 22.4. The summed E-state index contributed by atoms with van der Waals surface area (Å²) in [6.07, 6.45) is 11.7. The van der Waals surface area contributed by atoms with Crippen LogP contribution in [0.2, 0.25) is 0 Å². The van der Waals surface area contributed by atoms with Gasteiger partial charge in [0.25, 0.3) is 11.7 Å². The van der Waals surface area contributed by atoms with Gasteiger partial charge in [-0.25, -0.2) is 4.79 Å². The summed E-state index contributed by atoms with van der Waals surface area (Å²) in [5, 5.41) is 12.1. The number of alkyl halides is 1. The fourth-order valence-electron chi connectivity index (χ4n) is 11.0. The molecule has 3 fully saturated rings. The van der Waals surface area contributed by atoms with Gasteiger partial charge in [-0.3, -0.25) is 28.8 Å². The summed E-state index contributed by atoms with van der Waals surface area (Å²) < 4.78 is 47.6. The number of nitrogens with zero attached hydrogens (tertiary/aromatic N) is 1. The molecule has 4 aliphatic rings. The Labute approximate surface area is 465 Å². The van der Waals surface area contributed by atoms with Crippen LogP contribution in [-0.4, -0.2) is 151 Å². The minimum Gasteiger partial charge on any atom is -0.463 e. The maximum atomic E-state index is 14.6. The van der Waals surface area contributed by atoms with Crippen LogP contribution in [0, 0.1) is 35.5 Å². The number of hydrogen-bond acceptors (Lipinski definition) is 16. The molecule has 2 bridgehead atoms. The van der Waals surface area contributed by atoms with Gasteiger partial charge in [-0.2, -0.15) is 0 Å². The van der Waals surface area contributed by atoms with Crippen molar-refractivity contribution < 1.29 is 76.6 Å². The van der Waals surface area contributed by atoms with Gasteiger partial charge in [0.05, 0.1) is 35.5 Å². The van der Waals surface area contributed by atoms with Crippen LogP contribution in [0.25, 0.3) is 0 Å². The lowest BCUT2D eigenvalue weighted by atomic mass is 9.78. The van der Waals surface area contributed by atoms with Crippen molar-refractivity contribution in [2.24, 2.45) is 35.5 Å². The summed E-state index contributed by atoms with van der Waals surface area (Å²) in [4.78, 5) is 98.0. The van der Waals surface area contributed by atoms with Crippen LogP contribution in [0.3, 0.4) is 0 Å². The normalized spacial score (nSPS) is 36.1. The highest BCUT2D eigenvalue weighted by Gasteiger charge is 2.53. The van der Waals surface area contributed by atoms with E-state index >= 15 is 0 Å². The van der Waals surface area contributed by atoms with Crippen molar-refractivity contribution in [2.45, 2.75) is 193 Å². The molecule has 1 aliphatic carbocycles. The van der Waals surface area contributed by atoms with E-state index in [2.05, 4.69) is 0 Å². The highest BCUT2D eigenvalue weighted by molar-refractivity contribution is 14.1. The molecular formula is C58H88INO16. The molecular weight excluding hydrogens is 1090 g/mol. The quantitative estimate of drug-likeness (QED) is 0.0350. The van der Waals surface area contributed by atoms with Crippen molar-refractivity contribution in [3.8, 4) is 0 Å². The van der Waals surface area contributed by atoms with Crippen molar-refractivity contribution in [3.05, 3.63) is 47.6 Å². The van der Waals surface area contributed by atoms with E-state index < -0.39 is 83.7 Å². The Morgan fingerprint density at radius 3 is 2.25 bits per heavy atom. The van der Waals surface area contributed by atoms with E-state index in [9.17, 15) is 38.7 Å². The number of piperidine rings is 1. The lowest BCUT2D eigenvalue weighted by Crippen LogP contribution is -2.61. The molecule has 0 spiro atoms. The van der Waals surface area contributed by atoms with E-state index in [1.165, 1.54) is 12.0 Å². The minimum atomic E-state index is -2.46. The number of carbonyl (C=O) groups is 7. The molecule has 15 atom stereocenters. The SMILES string of the molecule is CCC(=O)O[C@@H]1/C(C)=C/[C@@H](C)C(=O)CC([C@H](C)C[C@@H]2CC[C@@H](OCCOC(=O)CI)[C@H](OC)C2)OC(=O)[C@@H]2CCCCN2C(=O)C(=O)[C@]2(O)O[C@@H](CC[C@H]2C)C[C@H](OC)/C(C)=C/C=C/C=C\[C@H](C)C[C@@H](C)C(=O)[C@@H]1OC. The Hall–Kier alpha value is -3.66. The van der Waals surface area contributed by atoms with Crippen LogP contribution in [0.15, 0.2) is 47.6 Å². The van der Waals surface area contributed by atoms with Gasteiger partial charge < -0.3 is 47.9 Å². The summed E-state index contributed by atoms with van der Waals surface area (Å²) >= 11 is 1.94. The predicted molar refractivity (Wildman–Crippen MR) is 293 cm³/mol. The van der Waals surface area contributed by atoms with Crippen LogP contribution in [-0.2, 0) is 71.5 Å².